The number of nitrogens with zero attached hydrogens (tertiary/aromatic N) is 2. The van der Waals surface area contributed by atoms with Crippen LogP contribution < -0.4 is 16.4 Å². The molecule has 0 aromatic carbocycles. The second kappa shape index (κ2) is 12.3. The summed E-state index contributed by atoms with van der Waals surface area (Å²) < 4.78 is 16.5. The van der Waals surface area contributed by atoms with E-state index in [1.165, 1.54) is 0 Å². The SMILES string of the molecule is COCCN1C(N)C(C(=O)NCCC2CCC(OC)C(OC)C2)CC2C(=O)N3CCCCC3NC21. The van der Waals surface area contributed by atoms with Crippen molar-refractivity contribution in [2.45, 2.75) is 82.1 Å². The highest BCUT2D eigenvalue weighted by Crippen LogP contribution is 2.36. The highest BCUT2D eigenvalue weighted by Gasteiger charge is 2.52. The van der Waals surface area contributed by atoms with E-state index < -0.39 is 12.1 Å². The van der Waals surface area contributed by atoms with Gasteiger partial charge in [-0.1, -0.05) is 0 Å². The minimum absolute atomic E-state index is 0.0548. The van der Waals surface area contributed by atoms with Crippen molar-refractivity contribution in [3.05, 3.63) is 0 Å². The van der Waals surface area contributed by atoms with Gasteiger partial charge in [-0.2, -0.15) is 0 Å². The van der Waals surface area contributed by atoms with Crippen LogP contribution in [0.2, 0.25) is 0 Å². The normalized spacial score (nSPS) is 38.1. The molecule has 10 nitrogen and oxygen atoms in total. The number of nitrogens with two attached hydrogens (primary N) is 1. The lowest BCUT2D eigenvalue weighted by molar-refractivity contribution is -0.163. The molecule has 0 aromatic heterocycles. The summed E-state index contributed by atoms with van der Waals surface area (Å²) in [5, 5.41) is 6.82. The number of fused-ring (bicyclic) bond motifs is 2. The predicted octanol–water partition coefficient (Wildman–Crippen LogP) is 0.460. The van der Waals surface area contributed by atoms with Crippen molar-refractivity contribution < 1.29 is 23.8 Å². The van der Waals surface area contributed by atoms with E-state index in [2.05, 4.69) is 15.5 Å². The molecule has 200 valence electrons. The molecule has 2 amide bonds. The molecule has 0 bridgehead atoms. The van der Waals surface area contributed by atoms with Crippen LogP contribution in [-0.2, 0) is 23.8 Å². The Labute approximate surface area is 209 Å². The number of rotatable bonds is 9. The number of nitrogens with one attached hydrogen (secondary N) is 2. The number of piperidine rings is 2. The van der Waals surface area contributed by atoms with Crippen LogP contribution in [0.5, 0.6) is 0 Å². The van der Waals surface area contributed by atoms with Gasteiger partial charge in [0, 0.05) is 41.0 Å². The van der Waals surface area contributed by atoms with Gasteiger partial charge in [-0.25, -0.2) is 0 Å². The van der Waals surface area contributed by atoms with Crippen molar-refractivity contribution in [2.75, 3.05) is 47.6 Å². The zero-order valence-corrected chi connectivity index (χ0v) is 21.6. The number of hydrogen-bond donors (Lipinski definition) is 3. The Morgan fingerprint density at radius 2 is 1.91 bits per heavy atom. The van der Waals surface area contributed by atoms with Gasteiger partial charge in [-0.05, 0) is 57.3 Å². The van der Waals surface area contributed by atoms with Gasteiger partial charge < -0.3 is 30.2 Å². The summed E-state index contributed by atoms with van der Waals surface area (Å²) >= 11 is 0. The average Bonchev–Trinajstić information content (AvgIpc) is 2.88. The zero-order valence-electron chi connectivity index (χ0n) is 21.6. The average molecular weight is 496 g/mol. The van der Waals surface area contributed by atoms with Gasteiger partial charge in [0.25, 0.3) is 0 Å². The van der Waals surface area contributed by atoms with Crippen LogP contribution in [0.25, 0.3) is 0 Å². The minimum atomic E-state index is -0.461. The summed E-state index contributed by atoms with van der Waals surface area (Å²) in [6.07, 6.45) is 7.19. The number of carbonyl (C=O) groups is 2. The Morgan fingerprint density at radius 1 is 1.11 bits per heavy atom. The van der Waals surface area contributed by atoms with Gasteiger partial charge in [-0.3, -0.25) is 19.8 Å². The second-order valence-electron chi connectivity index (χ2n) is 10.6. The lowest BCUT2D eigenvalue weighted by Gasteiger charge is -2.55. The highest BCUT2D eigenvalue weighted by atomic mass is 16.5. The number of amides is 2. The molecular weight excluding hydrogens is 450 g/mol. The largest absolute Gasteiger partial charge is 0.383 e. The zero-order chi connectivity index (χ0) is 24.9. The Kier molecular flexibility index (Phi) is 9.40. The summed E-state index contributed by atoms with van der Waals surface area (Å²) in [5.41, 5.74) is 6.68. The topological polar surface area (TPSA) is 118 Å². The van der Waals surface area contributed by atoms with Gasteiger partial charge >= 0.3 is 0 Å². The van der Waals surface area contributed by atoms with Crippen LogP contribution in [0.3, 0.4) is 0 Å². The molecule has 3 heterocycles. The van der Waals surface area contributed by atoms with E-state index >= 15 is 0 Å². The molecular formula is C25H45N5O5. The number of methoxy groups -OCH3 is 3. The van der Waals surface area contributed by atoms with E-state index in [1.54, 1.807) is 21.3 Å². The molecule has 4 aliphatic rings. The minimum Gasteiger partial charge on any atom is -0.383 e. The van der Waals surface area contributed by atoms with E-state index in [1.807, 2.05) is 4.90 Å². The molecule has 4 N–H and O–H groups in total. The maximum absolute atomic E-state index is 13.5. The second-order valence-corrected chi connectivity index (χ2v) is 10.6. The van der Waals surface area contributed by atoms with E-state index in [0.29, 0.717) is 32.0 Å². The van der Waals surface area contributed by atoms with Crippen LogP contribution in [0.4, 0.5) is 0 Å². The van der Waals surface area contributed by atoms with Crippen molar-refractivity contribution in [2.24, 2.45) is 23.5 Å². The lowest BCUT2D eigenvalue weighted by atomic mass is 9.80. The van der Waals surface area contributed by atoms with Gasteiger partial charge in [0.2, 0.25) is 11.8 Å². The summed E-state index contributed by atoms with van der Waals surface area (Å²) in [6, 6.07) is 0. The van der Waals surface area contributed by atoms with Crippen LogP contribution in [0.1, 0.15) is 51.4 Å². The third-order valence-corrected chi connectivity index (χ3v) is 8.70. The van der Waals surface area contributed by atoms with Gasteiger partial charge in [0.1, 0.15) is 0 Å². The Morgan fingerprint density at radius 3 is 2.66 bits per heavy atom. The van der Waals surface area contributed by atoms with Crippen LogP contribution in [0, 0.1) is 17.8 Å². The first-order valence-corrected chi connectivity index (χ1v) is 13.4. The number of likely N-dealkylation sites (tertiary alicyclic amines) is 1. The van der Waals surface area contributed by atoms with E-state index in [9.17, 15) is 9.59 Å². The van der Waals surface area contributed by atoms with E-state index in [4.69, 9.17) is 19.9 Å². The van der Waals surface area contributed by atoms with Crippen LogP contribution >= 0.6 is 0 Å². The quantitative estimate of drug-likeness (QED) is 0.422. The molecule has 10 heteroatoms. The van der Waals surface area contributed by atoms with Crippen LogP contribution in [-0.4, -0.2) is 99.9 Å². The fourth-order valence-corrected chi connectivity index (χ4v) is 6.66. The monoisotopic (exact) mass is 495 g/mol. The van der Waals surface area contributed by atoms with Crippen LogP contribution in [0.15, 0.2) is 0 Å². The third kappa shape index (κ3) is 5.83. The maximum Gasteiger partial charge on any atom is 0.229 e. The van der Waals surface area contributed by atoms with Crippen molar-refractivity contribution >= 4 is 11.8 Å². The first-order valence-electron chi connectivity index (χ1n) is 13.4. The molecule has 35 heavy (non-hydrogen) atoms. The summed E-state index contributed by atoms with van der Waals surface area (Å²) in [6.45, 7) is 2.47. The Balaban J connectivity index is 1.37. The van der Waals surface area contributed by atoms with E-state index in [0.717, 1.165) is 51.5 Å². The molecule has 8 atom stereocenters. The Hall–Kier alpha value is -1.30. The third-order valence-electron chi connectivity index (χ3n) is 8.70. The van der Waals surface area contributed by atoms with Crippen molar-refractivity contribution in [1.82, 2.24) is 20.4 Å². The van der Waals surface area contributed by atoms with Crippen molar-refractivity contribution in [3.63, 3.8) is 0 Å². The maximum atomic E-state index is 13.5. The first kappa shape index (κ1) is 26.8. The molecule has 8 unspecified atom stereocenters. The van der Waals surface area contributed by atoms with E-state index in [-0.39, 0.29) is 42.3 Å². The highest BCUT2D eigenvalue weighted by molar-refractivity contribution is 5.84. The molecule has 3 saturated heterocycles. The summed E-state index contributed by atoms with van der Waals surface area (Å²) in [7, 11) is 5.14. The smallest absolute Gasteiger partial charge is 0.229 e. The predicted molar refractivity (Wildman–Crippen MR) is 131 cm³/mol. The first-order chi connectivity index (χ1) is 17.0. The molecule has 0 aromatic rings. The molecule has 0 radical (unpaired) electrons. The molecule has 4 rings (SSSR count). The molecule has 1 saturated carbocycles. The lowest BCUT2D eigenvalue weighted by Crippen LogP contribution is -2.74. The fourth-order valence-electron chi connectivity index (χ4n) is 6.66. The standard InChI is InChI=1S/C25H45N5O5/c1-33-13-12-30-22(26)17(15-18-23(30)28-21-6-4-5-11-29(21)25(18)32)24(31)27-10-9-16-7-8-19(34-2)20(14-16)35-3/h16-23,28H,4-15,26H2,1-3H3,(H,27,31). The summed E-state index contributed by atoms with van der Waals surface area (Å²) in [5.74, 6) is -0.110. The Bertz CT molecular complexity index is 726. The van der Waals surface area contributed by atoms with Gasteiger partial charge in [0.15, 0.2) is 0 Å². The van der Waals surface area contributed by atoms with Crippen molar-refractivity contribution in [3.8, 4) is 0 Å². The molecule has 1 aliphatic carbocycles. The summed E-state index contributed by atoms with van der Waals surface area (Å²) in [4.78, 5) is 30.8. The number of ether oxygens (including phenoxy) is 3. The number of carbonyl (C=O) groups excluding carboxylic acids is 2. The molecule has 0 spiro atoms. The molecule has 3 aliphatic heterocycles. The fraction of sp³-hybridized carbons (Fsp3) is 0.920. The number of hydrogen-bond acceptors (Lipinski definition) is 8. The molecule has 4 fully saturated rings. The van der Waals surface area contributed by atoms with Gasteiger partial charge in [-0.15, -0.1) is 0 Å². The van der Waals surface area contributed by atoms with Crippen molar-refractivity contribution in [1.29, 1.82) is 0 Å². The van der Waals surface area contributed by atoms with Gasteiger partial charge in [0.05, 0.1) is 49.1 Å².